The summed E-state index contributed by atoms with van der Waals surface area (Å²) >= 11 is 0. The smallest absolute Gasteiger partial charge is 0.259 e. The maximum Gasteiger partial charge on any atom is 0.259 e. The topological polar surface area (TPSA) is 107 Å². The Kier molecular flexibility index (Phi) is 8.10. The second-order valence-corrected chi connectivity index (χ2v) is 14.0. The van der Waals surface area contributed by atoms with Crippen LogP contribution in [0, 0.1) is 5.92 Å². The van der Waals surface area contributed by atoms with Crippen LogP contribution in [0.3, 0.4) is 0 Å². The molecule has 8 unspecified atom stereocenters. The molecule has 46 heavy (non-hydrogen) atoms. The number of nitrogens with zero attached hydrogens (tertiary/aromatic N) is 3. The van der Waals surface area contributed by atoms with Crippen molar-refractivity contribution in [2.75, 3.05) is 39.4 Å². The number of alkyl halides is 1. The fourth-order valence-electron chi connectivity index (χ4n) is 9.15. The van der Waals surface area contributed by atoms with E-state index in [2.05, 4.69) is 26.2 Å². The lowest BCUT2D eigenvalue weighted by atomic mass is 9.69. The number of likely N-dealkylation sites (tertiary alicyclic amines) is 1. The summed E-state index contributed by atoms with van der Waals surface area (Å²) in [7, 11) is 0. The van der Waals surface area contributed by atoms with Gasteiger partial charge < -0.3 is 29.6 Å². The van der Waals surface area contributed by atoms with Gasteiger partial charge >= 0.3 is 0 Å². The van der Waals surface area contributed by atoms with Crippen LogP contribution in [0.4, 0.5) is 4.39 Å². The molecule has 4 aliphatic heterocycles. The first-order chi connectivity index (χ1) is 22.5. The highest BCUT2D eigenvalue weighted by molar-refractivity contribution is 6.20. The SMILES string of the molecule is O=C(CCc1c[nH]c2ccccc12)NC1CCN(C2C(F)CC3C(=O)C(C(=O)N4CCOCC4)=CN4C5CCCCC5OC2C34)C1. The molecule has 5 fully saturated rings. The maximum atomic E-state index is 16.4. The summed E-state index contributed by atoms with van der Waals surface area (Å²) in [5, 5.41) is 4.35. The average molecular weight is 634 g/mol. The number of ether oxygens (including phenoxy) is 2. The van der Waals surface area contributed by atoms with E-state index in [1.807, 2.05) is 30.6 Å². The number of amides is 2. The minimum absolute atomic E-state index is 0.00301. The van der Waals surface area contributed by atoms with Gasteiger partial charge in [-0.05, 0) is 43.7 Å². The Morgan fingerprint density at radius 1 is 1.04 bits per heavy atom. The normalized spacial score (nSPS) is 34.6. The number of carbonyl (C=O) groups excluding carboxylic acids is 3. The van der Waals surface area contributed by atoms with Crippen molar-refractivity contribution in [2.45, 2.75) is 93.9 Å². The number of hydrogen-bond donors (Lipinski definition) is 2. The summed E-state index contributed by atoms with van der Waals surface area (Å²) in [6.45, 7) is 3.05. The van der Waals surface area contributed by atoms with Crippen LogP contribution in [0.15, 0.2) is 42.2 Å². The summed E-state index contributed by atoms with van der Waals surface area (Å²) in [5.41, 5.74) is 2.38. The molecular formula is C35H44FN5O5. The van der Waals surface area contributed by atoms with Gasteiger partial charge in [0.2, 0.25) is 5.91 Å². The molecule has 6 aliphatic rings. The molecule has 2 N–H and O–H groups in total. The number of carbonyl (C=O) groups is 3. The van der Waals surface area contributed by atoms with E-state index >= 15 is 4.39 Å². The number of H-pyrrole nitrogens is 1. The number of para-hydroxylation sites is 1. The van der Waals surface area contributed by atoms with Crippen LogP contribution in [-0.4, -0.2) is 119 Å². The standard InChI is InChI=1S/C35H44FN5O5/c36-26-17-24-31-34(32(26)40-12-11-22(19-40)38-30(42)10-9-21-18-37-27-6-2-1-5-23(21)27)46-29-8-4-3-7-28(29)41(31)20-25(33(24)43)35(44)39-13-15-45-16-14-39/h1-2,5-6,18,20,22,24,26,28-29,31-32,34,37H,3-4,7-17,19H2,(H,38,42). The minimum Gasteiger partial charge on any atom is -0.378 e. The number of aryl methyl sites for hydroxylation is 1. The average Bonchev–Trinajstić information content (AvgIpc) is 3.72. The molecular weight excluding hydrogens is 589 g/mol. The Bertz CT molecular complexity index is 1520. The lowest BCUT2D eigenvalue weighted by Crippen LogP contribution is -2.73. The van der Waals surface area contributed by atoms with Gasteiger partial charge in [-0.2, -0.15) is 0 Å². The number of hydrogen-bond acceptors (Lipinski definition) is 7. The lowest BCUT2D eigenvalue weighted by molar-refractivity contribution is -0.210. The molecule has 2 aromatic rings. The van der Waals surface area contributed by atoms with Crippen molar-refractivity contribution in [2.24, 2.45) is 5.92 Å². The number of morpholine rings is 2. The first-order valence-electron chi connectivity index (χ1n) is 17.2. The van der Waals surface area contributed by atoms with Gasteiger partial charge in [-0.15, -0.1) is 0 Å². The van der Waals surface area contributed by atoms with Gasteiger partial charge in [-0.25, -0.2) is 4.39 Å². The zero-order chi connectivity index (χ0) is 31.4. The maximum absolute atomic E-state index is 16.4. The summed E-state index contributed by atoms with van der Waals surface area (Å²) in [5.74, 6) is -1.12. The number of nitrogens with one attached hydrogen (secondary N) is 2. The van der Waals surface area contributed by atoms with Gasteiger partial charge in [-0.3, -0.25) is 19.3 Å². The molecule has 2 aliphatic carbocycles. The van der Waals surface area contributed by atoms with E-state index in [0.29, 0.717) is 52.2 Å². The highest BCUT2D eigenvalue weighted by Gasteiger charge is 2.60. The van der Waals surface area contributed by atoms with Crippen LogP contribution in [0.25, 0.3) is 10.9 Å². The molecule has 2 saturated carbocycles. The number of benzene rings is 1. The van der Waals surface area contributed by atoms with E-state index < -0.39 is 24.2 Å². The third kappa shape index (κ3) is 5.34. The van der Waals surface area contributed by atoms with E-state index in [1.165, 1.54) is 0 Å². The number of halogens is 1. The Hall–Kier alpha value is -3.28. The Balaban J connectivity index is 0.976. The molecule has 0 spiro atoms. The quantitative estimate of drug-likeness (QED) is 0.472. The molecule has 2 amide bonds. The number of aromatic amines is 1. The monoisotopic (exact) mass is 633 g/mol. The van der Waals surface area contributed by atoms with Gasteiger partial charge in [0.25, 0.3) is 5.91 Å². The third-order valence-electron chi connectivity index (χ3n) is 11.4. The summed E-state index contributed by atoms with van der Waals surface area (Å²) < 4.78 is 28.7. The van der Waals surface area contributed by atoms with Crippen LogP contribution in [0.1, 0.15) is 50.5 Å². The van der Waals surface area contributed by atoms with Crippen LogP contribution in [-0.2, 0) is 30.3 Å². The predicted octanol–water partition coefficient (Wildman–Crippen LogP) is 2.72. The minimum atomic E-state index is -1.27. The number of rotatable bonds is 6. The van der Waals surface area contributed by atoms with Gasteiger partial charge in [-0.1, -0.05) is 31.0 Å². The van der Waals surface area contributed by atoms with Crippen LogP contribution >= 0.6 is 0 Å². The van der Waals surface area contributed by atoms with Gasteiger partial charge in [0.1, 0.15) is 6.17 Å². The zero-order valence-corrected chi connectivity index (χ0v) is 26.2. The molecule has 8 rings (SSSR count). The number of aromatic nitrogens is 1. The van der Waals surface area contributed by atoms with Crippen molar-refractivity contribution >= 4 is 28.5 Å². The fraction of sp³-hybridized carbons (Fsp3) is 0.629. The second kappa shape index (κ2) is 12.4. The van der Waals surface area contributed by atoms with Crippen molar-refractivity contribution in [3.05, 3.63) is 47.8 Å². The fourth-order valence-corrected chi connectivity index (χ4v) is 9.15. The third-order valence-corrected chi connectivity index (χ3v) is 11.4. The first-order valence-corrected chi connectivity index (χ1v) is 17.2. The highest BCUT2D eigenvalue weighted by atomic mass is 19.1. The molecule has 1 aromatic carbocycles. The molecule has 3 saturated heterocycles. The lowest BCUT2D eigenvalue weighted by Gasteiger charge is -2.60. The van der Waals surface area contributed by atoms with Crippen molar-refractivity contribution in [1.29, 1.82) is 0 Å². The molecule has 5 heterocycles. The van der Waals surface area contributed by atoms with Crippen LogP contribution in [0.5, 0.6) is 0 Å². The highest BCUT2D eigenvalue weighted by Crippen LogP contribution is 2.47. The molecule has 246 valence electrons. The van der Waals surface area contributed by atoms with E-state index in [-0.39, 0.29) is 53.8 Å². The molecule has 8 atom stereocenters. The largest absolute Gasteiger partial charge is 0.378 e. The van der Waals surface area contributed by atoms with Crippen molar-refractivity contribution in [3.63, 3.8) is 0 Å². The number of ketones is 1. The van der Waals surface area contributed by atoms with Gasteiger partial charge in [0, 0.05) is 67.9 Å². The van der Waals surface area contributed by atoms with E-state index in [9.17, 15) is 14.4 Å². The Morgan fingerprint density at radius 3 is 2.74 bits per heavy atom. The summed E-state index contributed by atoms with van der Waals surface area (Å²) in [4.78, 5) is 49.9. The van der Waals surface area contributed by atoms with Crippen molar-refractivity contribution < 1.29 is 28.2 Å². The number of Topliss-reactive ketones (excluding diaryl/α,β-unsaturated/α-hetero) is 1. The Labute approximate surface area is 268 Å². The van der Waals surface area contributed by atoms with E-state index in [1.54, 1.807) is 4.90 Å². The summed E-state index contributed by atoms with van der Waals surface area (Å²) in [6.07, 6.45) is 7.79. The summed E-state index contributed by atoms with van der Waals surface area (Å²) in [6, 6.07) is 7.32. The van der Waals surface area contributed by atoms with E-state index in [0.717, 1.165) is 48.6 Å². The first kappa shape index (κ1) is 30.1. The molecule has 0 bridgehead atoms. The van der Waals surface area contributed by atoms with Crippen LogP contribution < -0.4 is 5.32 Å². The van der Waals surface area contributed by atoms with E-state index in [4.69, 9.17) is 9.47 Å². The molecule has 11 heteroatoms. The predicted molar refractivity (Wildman–Crippen MR) is 169 cm³/mol. The van der Waals surface area contributed by atoms with Gasteiger partial charge in [0.15, 0.2) is 5.78 Å². The molecule has 10 nitrogen and oxygen atoms in total. The van der Waals surface area contributed by atoms with Crippen molar-refractivity contribution in [1.82, 2.24) is 25.0 Å². The Morgan fingerprint density at radius 2 is 1.87 bits per heavy atom. The van der Waals surface area contributed by atoms with Crippen molar-refractivity contribution in [3.8, 4) is 0 Å². The van der Waals surface area contributed by atoms with Crippen LogP contribution in [0.2, 0.25) is 0 Å². The second-order valence-electron chi connectivity index (χ2n) is 14.0. The zero-order valence-electron chi connectivity index (χ0n) is 26.2. The molecule has 1 aromatic heterocycles. The van der Waals surface area contributed by atoms with Gasteiger partial charge in [0.05, 0.1) is 49.1 Å². The molecule has 0 radical (unpaired) electrons. The number of fused-ring (bicyclic) bond motifs is 3.